The summed E-state index contributed by atoms with van der Waals surface area (Å²) in [5, 5.41) is 0.827. The third-order valence-electron chi connectivity index (χ3n) is 6.37. The molecule has 0 unspecified atom stereocenters. The van der Waals surface area contributed by atoms with E-state index in [-0.39, 0.29) is 36.8 Å². The number of nitrogens with zero attached hydrogens (tertiary/aromatic N) is 2. The van der Waals surface area contributed by atoms with Gasteiger partial charge in [-0.05, 0) is 45.9 Å². The second kappa shape index (κ2) is 10.9. The zero-order valence-corrected chi connectivity index (χ0v) is 24.3. The van der Waals surface area contributed by atoms with Gasteiger partial charge in [0.15, 0.2) is 6.79 Å². The molecule has 0 radical (unpaired) electrons. The van der Waals surface area contributed by atoms with Gasteiger partial charge in [-0.25, -0.2) is 4.79 Å². The van der Waals surface area contributed by atoms with Gasteiger partial charge < -0.3 is 24.0 Å². The van der Waals surface area contributed by atoms with Crippen LogP contribution in [0.4, 0.5) is 4.79 Å². The summed E-state index contributed by atoms with van der Waals surface area (Å²) in [4.78, 5) is 28.9. The van der Waals surface area contributed by atoms with Crippen LogP contribution >= 0.6 is 23.2 Å². The van der Waals surface area contributed by atoms with Crippen molar-refractivity contribution in [3.63, 3.8) is 0 Å². The molecular weight excluding hydrogens is 507 g/mol. The van der Waals surface area contributed by atoms with Gasteiger partial charge in [-0.15, -0.1) is 0 Å². The van der Waals surface area contributed by atoms with Gasteiger partial charge in [0.2, 0.25) is 5.91 Å². The molecule has 3 rings (SSSR count). The number of carbonyl (C=O) groups excluding carboxylic acids is 2. The highest BCUT2D eigenvalue weighted by molar-refractivity contribution is 6.76. The van der Waals surface area contributed by atoms with Crippen LogP contribution in [0.5, 0.6) is 5.75 Å². The summed E-state index contributed by atoms with van der Waals surface area (Å²) < 4.78 is 17.1. The largest absolute Gasteiger partial charge is 0.467 e. The summed E-state index contributed by atoms with van der Waals surface area (Å²) in [5.74, 6) is 0.439. The van der Waals surface area contributed by atoms with Crippen molar-refractivity contribution in [1.29, 1.82) is 0 Å². The lowest BCUT2D eigenvalue weighted by Crippen LogP contribution is -2.63. The molecule has 1 aromatic carbocycles. The topological polar surface area (TPSA) is 68.3 Å². The number of amides is 2. The molecule has 0 aromatic heterocycles. The van der Waals surface area contributed by atoms with Crippen LogP contribution in [0, 0.1) is 0 Å². The number of likely N-dealkylation sites (tertiary alicyclic amines) is 2. The lowest BCUT2D eigenvalue weighted by Gasteiger charge is -2.46. The van der Waals surface area contributed by atoms with E-state index >= 15 is 0 Å². The molecule has 2 amide bonds. The van der Waals surface area contributed by atoms with Gasteiger partial charge in [0, 0.05) is 51.7 Å². The maximum absolute atomic E-state index is 13.1. The lowest BCUT2D eigenvalue weighted by atomic mass is 9.91. The fraction of sp³-hybridized carbons (Fsp3) is 0.680. The fourth-order valence-electron chi connectivity index (χ4n) is 4.43. The molecule has 0 N–H and O–H groups in total. The first kappa shape index (κ1) is 28.1. The molecule has 2 fully saturated rings. The average molecular weight is 546 g/mol. The van der Waals surface area contributed by atoms with Crippen molar-refractivity contribution in [2.24, 2.45) is 0 Å². The summed E-state index contributed by atoms with van der Waals surface area (Å²) in [6, 6.07) is 4.37. The van der Waals surface area contributed by atoms with Crippen molar-refractivity contribution < 1.29 is 23.8 Å². The molecule has 7 nitrogen and oxygen atoms in total. The summed E-state index contributed by atoms with van der Waals surface area (Å²) >= 11 is 13.0. The number of ether oxygens (including phenoxy) is 3. The van der Waals surface area contributed by atoms with Crippen LogP contribution < -0.4 is 4.74 Å². The Morgan fingerprint density at radius 2 is 1.83 bits per heavy atom. The number of rotatable bonds is 8. The molecule has 0 aliphatic carbocycles. The van der Waals surface area contributed by atoms with Crippen LogP contribution in [-0.4, -0.2) is 74.0 Å². The Balaban J connectivity index is 1.67. The first-order valence-electron chi connectivity index (χ1n) is 12.2. The molecule has 1 aromatic rings. The van der Waals surface area contributed by atoms with Crippen LogP contribution in [-0.2, 0) is 14.3 Å². The maximum Gasteiger partial charge on any atom is 0.410 e. The van der Waals surface area contributed by atoms with E-state index in [0.29, 0.717) is 41.9 Å². The Kier molecular flexibility index (Phi) is 8.72. The van der Waals surface area contributed by atoms with E-state index in [1.54, 1.807) is 17.0 Å². The Hall–Kier alpha value is -1.48. The number of hydrogen-bond donors (Lipinski definition) is 0. The van der Waals surface area contributed by atoms with Gasteiger partial charge in [0.1, 0.15) is 11.4 Å². The molecule has 2 saturated heterocycles. The van der Waals surface area contributed by atoms with E-state index in [0.717, 1.165) is 11.6 Å². The van der Waals surface area contributed by atoms with Crippen molar-refractivity contribution in [2.75, 3.05) is 26.5 Å². The van der Waals surface area contributed by atoms with Gasteiger partial charge in [0.25, 0.3) is 0 Å². The van der Waals surface area contributed by atoms with Crippen LogP contribution in [0.2, 0.25) is 35.7 Å². The number of carbonyl (C=O) groups is 2. The molecule has 0 spiro atoms. The highest BCUT2D eigenvalue weighted by Gasteiger charge is 2.48. The van der Waals surface area contributed by atoms with Crippen molar-refractivity contribution in [3.8, 4) is 5.75 Å². The quantitative estimate of drug-likeness (QED) is 0.227. The van der Waals surface area contributed by atoms with E-state index < -0.39 is 13.7 Å². The van der Waals surface area contributed by atoms with Crippen molar-refractivity contribution >= 4 is 43.3 Å². The first-order chi connectivity index (χ1) is 16.2. The molecular formula is C25H38Cl2N2O5Si. The zero-order chi connectivity index (χ0) is 26.1. The monoisotopic (exact) mass is 544 g/mol. The number of halogens is 2. The van der Waals surface area contributed by atoms with Crippen LogP contribution in [0.1, 0.15) is 45.6 Å². The number of benzene rings is 1. The third-order valence-corrected chi connectivity index (χ3v) is 8.89. The minimum atomic E-state index is -1.19. The van der Waals surface area contributed by atoms with Gasteiger partial charge >= 0.3 is 6.09 Å². The highest BCUT2D eigenvalue weighted by Crippen LogP contribution is 2.46. The third kappa shape index (κ3) is 7.05. The number of hydrogen-bond acceptors (Lipinski definition) is 5. The predicted molar refractivity (Wildman–Crippen MR) is 141 cm³/mol. The van der Waals surface area contributed by atoms with Crippen molar-refractivity contribution in [2.45, 2.75) is 83.4 Å². The SMILES string of the molecule is C[C@@H]1[C@@H](c2c(OCOCC[Si](C)(C)C)ccc(Cl)c2Cl)CC(=O)N1C1CN(C(=O)OC(C)(C)C)C1. The second-order valence-corrected chi connectivity index (χ2v) is 18.1. The molecule has 196 valence electrons. The fourth-order valence-corrected chi connectivity index (χ4v) is 5.65. The molecule has 2 atom stereocenters. The zero-order valence-electron chi connectivity index (χ0n) is 21.8. The second-order valence-electron chi connectivity index (χ2n) is 11.6. The van der Waals surface area contributed by atoms with E-state index in [4.69, 9.17) is 37.4 Å². The molecule has 10 heteroatoms. The molecule has 0 saturated carbocycles. The summed E-state index contributed by atoms with van der Waals surface area (Å²) in [5.41, 5.74) is 0.182. The molecule has 2 heterocycles. The summed E-state index contributed by atoms with van der Waals surface area (Å²) in [6.07, 6.45) is -0.0518. The Morgan fingerprint density at radius 3 is 2.43 bits per heavy atom. The van der Waals surface area contributed by atoms with E-state index in [9.17, 15) is 9.59 Å². The van der Waals surface area contributed by atoms with Gasteiger partial charge in [-0.2, -0.15) is 0 Å². The van der Waals surface area contributed by atoms with Gasteiger partial charge in [-0.1, -0.05) is 42.8 Å². The lowest BCUT2D eigenvalue weighted by molar-refractivity contribution is -0.134. The highest BCUT2D eigenvalue weighted by atomic mass is 35.5. The minimum absolute atomic E-state index is 0.0321. The standard InChI is InChI=1S/C25H38Cl2N2O5Si/c1-16-18(12-21(30)29(16)17-13-28(14-17)24(31)34-25(2,3)4)22-20(9-8-19(26)23(22)27)33-15-32-10-11-35(5,6)7/h8-9,16-18H,10-15H2,1-7H3/t16-,18+/m1/s1. The molecule has 2 aliphatic heterocycles. The molecule has 2 aliphatic rings. The normalized spacial score (nSPS) is 21.3. The van der Waals surface area contributed by atoms with Crippen LogP contribution in [0.3, 0.4) is 0 Å². The molecule has 35 heavy (non-hydrogen) atoms. The van der Waals surface area contributed by atoms with Gasteiger partial charge in [-0.3, -0.25) is 4.79 Å². The Bertz CT molecular complexity index is 941. The van der Waals surface area contributed by atoms with E-state index in [1.807, 2.05) is 32.6 Å². The Labute approximate surface area is 220 Å². The average Bonchev–Trinajstić information content (AvgIpc) is 2.95. The van der Waals surface area contributed by atoms with E-state index in [1.165, 1.54) is 0 Å². The van der Waals surface area contributed by atoms with E-state index in [2.05, 4.69) is 19.6 Å². The van der Waals surface area contributed by atoms with Crippen LogP contribution in [0.15, 0.2) is 12.1 Å². The first-order valence-corrected chi connectivity index (χ1v) is 16.6. The van der Waals surface area contributed by atoms with Crippen molar-refractivity contribution in [3.05, 3.63) is 27.7 Å². The van der Waals surface area contributed by atoms with Gasteiger partial charge in [0.05, 0.1) is 16.1 Å². The molecule has 0 bridgehead atoms. The van der Waals surface area contributed by atoms with Crippen molar-refractivity contribution in [1.82, 2.24) is 9.80 Å². The predicted octanol–water partition coefficient (Wildman–Crippen LogP) is 6.01. The summed E-state index contributed by atoms with van der Waals surface area (Å²) in [7, 11) is -1.19. The minimum Gasteiger partial charge on any atom is -0.467 e. The van der Waals surface area contributed by atoms with Crippen LogP contribution in [0.25, 0.3) is 0 Å². The smallest absolute Gasteiger partial charge is 0.410 e. The Morgan fingerprint density at radius 1 is 1.17 bits per heavy atom. The summed E-state index contributed by atoms with van der Waals surface area (Å²) in [6.45, 7) is 16.1. The maximum atomic E-state index is 13.1.